The van der Waals surface area contributed by atoms with Gasteiger partial charge in [0.1, 0.15) is 0 Å². The van der Waals surface area contributed by atoms with Gasteiger partial charge in [-0.3, -0.25) is 0 Å². The molecule has 0 bridgehead atoms. The van der Waals surface area contributed by atoms with Crippen molar-refractivity contribution in [3.8, 4) is 33.8 Å². The molecule has 0 atom stereocenters. The van der Waals surface area contributed by atoms with Crippen LogP contribution in [0.3, 0.4) is 0 Å². The van der Waals surface area contributed by atoms with Crippen LogP contribution in [0.2, 0.25) is 0 Å². The Morgan fingerprint density at radius 1 is 0.788 bits per heavy atom. The number of nitrogens with zero attached hydrogens (tertiary/aromatic N) is 2. The van der Waals surface area contributed by atoms with Crippen molar-refractivity contribution >= 4 is 11.6 Å². The number of benzene rings is 3. The Morgan fingerprint density at radius 2 is 1.48 bits per heavy atom. The first-order valence-electron chi connectivity index (χ1n) is 11.6. The maximum absolute atomic E-state index is 5.08. The lowest BCUT2D eigenvalue weighted by Crippen LogP contribution is -2.00. The SMILES string of the molecule is C/C=C(/C)c1ccc(-c2nc(C)c(/C=C\CC)c(-c3cccc(-c4ccccc4)c3)n2)cc1. The highest BCUT2D eigenvalue weighted by atomic mass is 14.9. The molecule has 0 aliphatic carbocycles. The van der Waals surface area contributed by atoms with Crippen LogP contribution in [0.25, 0.3) is 45.4 Å². The Labute approximate surface area is 197 Å². The van der Waals surface area contributed by atoms with Crippen molar-refractivity contribution in [2.75, 3.05) is 0 Å². The lowest BCUT2D eigenvalue weighted by atomic mass is 9.98. The lowest BCUT2D eigenvalue weighted by Gasteiger charge is -2.13. The molecule has 0 radical (unpaired) electrons. The topological polar surface area (TPSA) is 25.8 Å². The van der Waals surface area contributed by atoms with Gasteiger partial charge in [0, 0.05) is 22.4 Å². The molecule has 1 heterocycles. The van der Waals surface area contributed by atoms with E-state index < -0.39 is 0 Å². The molecule has 4 aromatic rings. The lowest BCUT2D eigenvalue weighted by molar-refractivity contribution is 1.10. The van der Waals surface area contributed by atoms with Crippen LogP contribution in [0.4, 0.5) is 0 Å². The van der Waals surface area contributed by atoms with E-state index in [1.807, 2.05) is 6.07 Å². The van der Waals surface area contributed by atoms with Gasteiger partial charge in [0.25, 0.3) is 0 Å². The highest BCUT2D eigenvalue weighted by Crippen LogP contribution is 2.31. The minimum atomic E-state index is 0.756. The summed E-state index contributed by atoms with van der Waals surface area (Å²) in [6, 6.07) is 27.6. The fourth-order valence-corrected chi connectivity index (χ4v) is 3.89. The molecule has 3 aromatic carbocycles. The molecule has 4 rings (SSSR count). The standard InChI is InChI=1S/C31H30N2/c1-5-7-16-29-23(4)32-31(26-19-17-24(18-20-26)22(3)6-2)33-30(29)28-15-11-14-27(21-28)25-12-9-8-10-13-25/h6-21H,5H2,1-4H3/b16-7-,22-6-. The Morgan fingerprint density at radius 3 is 2.18 bits per heavy atom. The third-order valence-electron chi connectivity index (χ3n) is 5.93. The van der Waals surface area contributed by atoms with E-state index in [1.165, 1.54) is 22.3 Å². The average Bonchev–Trinajstić information content (AvgIpc) is 2.88. The van der Waals surface area contributed by atoms with Crippen LogP contribution in [0.1, 0.15) is 44.0 Å². The fourth-order valence-electron chi connectivity index (χ4n) is 3.89. The summed E-state index contributed by atoms with van der Waals surface area (Å²) in [5.74, 6) is 0.756. The second kappa shape index (κ2) is 10.2. The predicted molar refractivity (Wildman–Crippen MR) is 142 cm³/mol. The number of hydrogen-bond acceptors (Lipinski definition) is 2. The van der Waals surface area contributed by atoms with E-state index in [9.17, 15) is 0 Å². The number of aromatic nitrogens is 2. The van der Waals surface area contributed by atoms with Crippen LogP contribution in [-0.4, -0.2) is 9.97 Å². The normalized spacial score (nSPS) is 11.8. The summed E-state index contributed by atoms with van der Waals surface area (Å²) in [5.41, 5.74) is 10.0. The molecule has 2 heteroatoms. The first-order valence-corrected chi connectivity index (χ1v) is 11.6. The number of aryl methyl sites for hydroxylation is 1. The van der Waals surface area contributed by atoms with Crippen molar-refractivity contribution in [2.24, 2.45) is 0 Å². The molecular weight excluding hydrogens is 400 g/mol. The largest absolute Gasteiger partial charge is 0.233 e. The van der Waals surface area contributed by atoms with Gasteiger partial charge in [-0.1, -0.05) is 97.9 Å². The molecule has 0 aliphatic rings. The summed E-state index contributed by atoms with van der Waals surface area (Å²) in [7, 11) is 0. The molecule has 2 nitrogen and oxygen atoms in total. The highest BCUT2D eigenvalue weighted by Gasteiger charge is 2.14. The molecule has 0 unspecified atom stereocenters. The quantitative estimate of drug-likeness (QED) is 0.306. The minimum Gasteiger partial charge on any atom is -0.233 e. The van der Waals surface area contributed by atoms with Gasteiger partial charge in [-0.15, -0.1) is 0 Å². The summed E-state index contributed by atoms with van der Waals surface area (Å²) in [6.45, 7) is 8.41. The van der Waals surface area contributed by atoms with Crippen molar-refractivity contribution < 1.29 is 0 Å². The van der Waals surface area contributed by atoms with Crippen molar-refractivity contribution in [1.82, 2.24) is 9.97 Å². The number of allylic oxidation sites excluding steroid dienone is 3. The highest BCUT2D eigenvalue weighted by molar-refractivity contribution is 5.79. The van der Waals surface area contributed by atoms with E-state index in [2.05, 4.69) is 119 Å². The maximum atomic E-state index is 5.08. The van der Waals surface area contributed by atoms with Crippen LogP contribution in [-0.2, 0) is 0 Å². The van der Waals surface area contributed by atoms with Gasteiger partial charge in [-0.2, -0.15) is 0 Å². The predicted octanol–water partition coefficient (Wildman–Crippen LogP) is 8.63. The Hall–Kier alpha value is -3.78. The summed E-state index contributed by atoms with van der Waals surface area (Å²) >= 11 is 0. The van der Waals surface area contributed by atoms with E-state index in [-0.39, 0.29) is 0 Å². The van der Waals surface area contributed by atoms with Gasteiger partial charge in [0.05, 0.1) is 5.69 Å². The molecule has 1 aromatic heterocycles. The molecular formula is C31H30N2. The zero-order chi connectivity index (χ0) is 23.2. The minimum absolute atomic E-state index is 0.756. The molecule has 0 spiro atoms. The van der Waals surface area contributed by atoms with Crippen LogP contribution >= 0.6 is 0 Å². The smallest absolute Gasteiger partial charge is 0.160 e. The monoisotopic (exact) mass is 430 g/mol. The van der Waals surface area contributed by atoms with Crippen molar-refractivity contribution in [3.63, 3.8) is 0 Å². The van der Waals surface area contributed by atoms with Gasteiger partial charge < -0.3 is 0 Å². The molecule has 0 aliphatic heterocycles. The fraction of sp³-hybridized carbons (Fsp3) is 0.161. The van der Waals surface area contributed by atoms with Gasteiger partial charge in [-0.25, -0.2) is 9.97 Å². The van der Waals surface area contributed by atoms with E-state index in [4.69, 9.17) is 9.97 Å². The van der Waals surface area contributed by atoms with E-state index >= 15 is 0 Å². The first kappa shape index (κ1) is 22.4. The van der Waals surface area contributed by atoms with Gasteiger partial charge in [0.2, 0.25) is 0 Å². The average molecular weight is 431 g/mol. The zero-order valence-corrected chi connectivity index (χ0v) is 19.8. The van der Waals surface area contributed by atoms with Gasteiger partial charge in [0.15, 0.2) is 5.82 Å². The second-order valence-electron chi connectivity index (χ2n) is 8.20. The van der Waals surface area contributed by atoms with E-state index in [1.54, 1.807) is 0 Å². The first-order chi connectivity index (χ1) is 16.1. The molecule has 0 N–H and O–H groups in total. The molecule has 164 valence electrons. The van der Waals surface area contributed by atoms with Crippen LogP contribution in [0, 0.1) is 6.92 Å². The van der Waals surface area contributed by atoms with E-state index in [0.29, 0.717) is 0 Å². The molecule has 33 heavy (non-hydrogen) atoms. The molecule has 0 saturated carbocycles. The Kier molecular flexibility index (Phi) is 6.95. The second-order valence-corrected chi connectivity index (χ2v) is 8.20. The van der Waals surface area contributed by atoms with Gasteiger partial charge >= 0.3 is 0 Å². The molecule has 0 saturated heterocycles. The van der Waals surface area contributed by atoms with Crippen LogP contribution in [0.15, 0.2) is 91.0 Å². The Bertz CT molecular complexity index is 1300. The van der Waals surface area contributed by atoms with Crippen molar-refractivity contribution in [1.29, 1.82) is 0 Å². The van der Waals surface area contributed by atoms with Crippen molar-refractivity contribution in [2.45, 2.75) is 34.1 Å². The van der Waals surface area contributed by atoms with Gasteiger partial charge in [-0.05, 0) is 55.5 Å². The van der Waals surface area contributed by atoms with Crippen molar-refractivity contribution in [3.05, 3.63) is 108 Å². The van der Waals surface area contributed by atoms with Crippen LogP contribution in [0.5, 0.6) is 0 Å². The van der Waals surface area contributed by atoms with Crippen LogP contribution < -0.4 is 0 Å². The third kappa shape index (κ3) is 5.01. The Balaban J connectivity index is 1.85. The number of rotatable bonds is 6. The number of hydrogen-bond donors (Lipinski definition) is 0. The zero-order valence-electron chi connectivity index (χ0n) is 19.8. The summed E-state index contributed by atoms with van der Waals surface area (Å²) in [5, 5.41) is 0. The third-order valence-corrected chi connectivity index (χ3v) is 5.93. The summed E-state index contributed by atoms with van der Waals surface area (Å²) < 4.78 is 0. The van der Waals surface area contributed by atoms with E-state index in [0.717, 1.165) is 40.3 Å². The summed E-state index contributed by atoms with van der Waals surface area (Å²) in [6.07, 6.45) is 7.42. The maximum Gasteiger partial charge on any atom is 0.160 e. The molecule has 0 fully saturated rings. The molecule has 0 amide bonds. The summed E-state index contributed by atoms with van der Waals surface area (Å²) in [4.78, 5) is 9.96.